The molecule has 0 fully saturated rings. The number of benzene rings is 2. The number of hydrogen-bond donors (Lipinski definition) is 3. The smallest absolute Gasteiger partial charge is 0.138 e. The fourth-order valence-electron chi connectivity index (χ4n) is 2.01. The van der Waals surface area contributed by atoms with Crippen molar-refractivity contribution in [1.82, 2.24) is 5.32 Å². The number of phenols is 1. The van der Waals surface area contributed by atoms with Crippen molar-refractivity contribution < 1.29 is 14.9 Å². The first-order chi connectivity index (χ1) is 10.1. The molecule has 0 bridgehead atoms. The average molecular weight is 308 g/mol. The Morgan fingerprint density at radius 3 is 2.76 bits per heavy atom. The Labute approximate surface area is 129 Å². The summed E-state index contributed by atoms with van der Waals surface area (Å²) in [7, 11) is 1.59. The van der Waals surface area contributed by atoms with Gasteiger partial charge in [-0.3, -0.25) is 0 Å². The number of aliphatic hydroxyl groups excluding tert-OH is 1. The first kappa shape index (κ1) is 15.6. The van der Waals surface area contributed by atoms with Crippen LogP contribution in [-0.4, -0.2) is 23.9 Å². The Bertz CT molecular complexity index is 604. The SMILES string of the molecule is COc1cccc(C(O)CNCc2cccc(Cl)c2O)c1. The second kappa shape index (κ2) is 7.31. The summed E-state index contributed by atoms with van der Waals surface area (Å²) < 4.78 is 5.13. The lowest BCUT2D eigenvalue weighted by Gasteiger charge is -2.14. The second-order valence-electron chi connectivity index (χ2n) is 4.67. The predicted molar refractivity (Wildman–Crippen MR) is 82.8 cm³/mol. The van der Waals surface area contributed by atoms with Crippen LogP contribution < -0.4 is 10.1 Å². The summed E-state index contributed by atoms with van der Waals surface area (Å²) in [4.78, 5) is 0. The molecule has 0 saturated carbocycles. The molecule has 4 nitrogen and oxygen atoms in total. The maximum atomic E-state index is 10.1. The van der Waals surface area contributed by atoms with Crippen LogP contribution in [0, 0.1) is 0 Å². The van der Waals surface area contributed by atoms with Crippen molar-refractivity contribution in [2.75, 3.05) is 13.7 Å². The molecule has 0 radical (unpaired) electrons. The molecule has 0 aliphatic heterocycles. The number of phenolic OH excluding ortho intramolecular Hbond substituents is 1. The standard InChI is InChI=1S/C16H18ClNO3/c1-21-13-6-2-4-11(8-13)15(19)10-18-9-12-5-3-7-14(17)16(12)20/h2-8,15,18-20H,9-10H2,1H3. The van der Waals surface area contributed by atoms with E-state index in [-0.39, 0.29) is 5.75 Å². The number of para-hydroxylation sites is 1. The van der Waals surface area contributed by atoms with Crippen LogP contribution in [0.15, 0.2) is 42.5 Å². The molecule has 2 rings (SSSR count). The molecule has 0 saturated heterocycles. The highest BCUT2D eigenvalue weighted by molar-refractivity contribution is 6.32. The normalized spacial score (nSPS) is 12.1. The van der Waals surface area contributed by atoms with E-state index >= 15 is 0 Å². The number of ether oxygens (including phenoxy) is 1. The fraction of sp³-hybridized carbons (Fsp3) is 0.250. The van der Waals surface area contributed by atoms with Gasteiger partial charge in [-0.15, -0.1) is 0 Å². The van der Waals surface area contributed by atoms with Crippen molar-refractivity contribution in [3.05, 3.63) is 58.6 Å². The molecule has 0 heterocycles. The lowest BCUT2D eigenvalue weighted by Crippen LogP contribution is -2.21. The second-order valence-corrected chi connectivity index (χ2v) is 5.08. The van der Waals surface area contributed by atoms with Crippen LogP contribution in [0.25, 0.3) is 0 Å². The number of hydrogen-bond acceptors (Lipinski definition) is 4. The van der Waals surface area contributed by atoms with Gasteiger partial charge in [0.25, 0.3) is 0 Å². The minimum atomic E-state index is -0.651. The van der Waals surface area contributed by atoms with Crippen LogP contribution >= 0.6 is 11.6 Å². The summed E-state index contributed by atoms with van der Waals surface area (Å²) in [5, 5.41) is 23.4. The molecule has 0 aliphatic rings. The fourth-order valence-corrected chi connectivity index (χ4v) is 2.21. The Morgan fingerprint density at radius 2 is 2.00 bits per heavy atom. The number of rotatable bonds is 6. The summed E-state index contributed by atoms with van der Waals surface area (Å²) in [6.07, 6.45) is -0.651. The topological polar surface area (TPSA) is 61.7 Å². The molecule has 2 aromatic rings. The van der Waals surface area contributed by atoms with Gasteiger partial charge in [0.2, 0.25) is 0 Å². The highest BCUT2D eigenvalue weighted by Gasteiger charge is 2.09. The van der Waals surface area contributed by atoms with Crippen LogP contribution in [0.4, 0.5) is 0 Å². The molecule has 0 amide bonds. The molecular weight excluding hydrogens is 290 g/mol. The molecule has 112 valence electrons. The first-order valence-corrected chi connectivity index (χ1v) is 6.98. The number of halogens is 1. The van der Waals surface area contributed by atoms with Crippen molar-refractivity contribution in [2.45, 2.75) is 12.6 Å². The van der Waals surface area contributed by atoms with E-state index < -0.39 is 6.10 Å². The molecular formula is C16H18ClNO3. The van der Waals surface area contributed by atoms with Gasteiger partial charge in [-0.05, 0) is 23.8 Å². The van der Waals surface area contributed by atoms with Crippen LogP contribution in [0.5, 0.6) is 11.5 Å². The summed E-state index contributed by atoms with van der Waals surface area (Å²) in [5.41, 5.74) is 1.47. The first-order valence-electron chi connectivity index (χ1n) is 6.61. The lowest BCUT2D eigenvalue weighted by molar-refractivity contribution is 0.174. The molecule has 0 aliphatic carbocycles. The van der Waals surface area contributed by atoms with Crippen LogP contribution in [0.2, 0.25) is 5.02 Å². The van der Waals surface area contributed by atoms with Gasteiger partial charge in [0.15, 0.2) is 0 Å². The summed E-state index contributed by atoms with van der Waals surface area (Å²) in [6.45, 7) is 0.784. The van der Waals surface area contributed by atoms with Gasteiger partial charge >= 0.3 is 0 Å². The van der Waals surface area contributed by atoms with Crippen molar-refractivity contribution in [3.63, 3.8) is 0 Å². The summed E-state index contributed by atoms with van der Waals surface area (Å²) in [5.74, 6) is 0.779. The highest BCUT2D eigenvalue weighted by atomic mass is 35.5. The van der Waals surface area contributed by atoms with Gasteiger partial charge in [-0.1, -0.05) is 35.9 Å². The van der Waals surface area contributed by atoms with E-state index in [1.807, 2.05) is 18.2 Å². The average Bonchev–Trinajstić information content (AvgIpc) is 2.51. The van der Waals surface area contributed by atoms with Crippen molar-refractivity contribution in [3.8, 4) is 11.5 Å². The van der Waals surface area contributed by atoms with Crippen LogP contribution in [0.3, 0.4) is 0 Å². The van der Waals surface area contributed by atoms with E-state index in [1.54, 1.807) is 31.4 Å². The zero-order chi connectivity index (χ0) is 15.2. The lowest BCUT2D eigenvalue weighted by atomic mass is 10.1. The van der Waals surface area contributed by atoms with Gasteiger partial charge < -0.3 is 20.3 Å². The minimum absolute atomic E-state index is 0.0718. The van der Waals surface area contributed by atoms with Gasteiger partial charge in [0.1, 0.15) is 11.5 Å². The van der Waals surface area contributed by atoms with Crippen LogP contribution in [-0.2, 0) is 6.54 Å². The molecule has 0 aromatic heterocycles. The van der Waals surface area contributed by atoms with Crippen molar-refractivity contribution in [2.24, 2.45) is 0 Å². The van der Waals surface area contributed by atoms with Crippen molar-refractivity contribution >= 4 is 11.6 Å². The molecule has 1 unspecified atom stereocenters. The van der Waals surface area contributed by atoms with Gasteiger partial charge in [-0.25, -0.2) is 0 Å². The van der Waals surface area contributed by atoms with E-state index in [9.17, 15) is 10.2 Å². The molecule has 5 heteroatoms. The third-order valence-electron chi connectivity index (χ3n) is 3.20. The Morgan fingerprint density at radius 1 is 1.24 bits per heavy atom. The molecule has 2 aromatic carbocycles. The van der Waals surface area contributed by atoms with Crippen molar-refractivity contribution in [1.29, 1.82) is 0 Å². The predicted octanol–water partition coefficient (Wildman–Crippen LogP) is 2.88. The largest absolute Gasteiger partial charge is 0.506 e. The van der Waals surface area contributed by atoms with Gasteiger partial charge in [-0.2, -0.15) is 0 Å². The summed E-state index contributed by atoms with van der Waals surface area (Å²) in [6, 6.07) is 12.5. The number of aromatic hydroxyl groups is 1. The van der Waals surface area contributed by atoms with E-state index in [0.717, 1.165) is 5.56 Å². The van der Waals surface area contributed by atoms with E-state index in [2.05, 4.69) is 5.32 Å². The number of nitrogens with one attached hydrogen (secondary N) is 1. The minimum Gasteiger partial charge on any atom is -0.506 e. The van der Waals surface area contributed by atoms with E-state index in [1.165, 1.54) is 0 Å². The van der Waals surface area contributed by atoms with E-state index in [4.69, 9.17) is 16.3 Å². The zero-order valence-electron chi connectivity index (χ0n) is 11.7. The maximum Gasteiger partial charge on any atom is 0.138 e. The third kappa shape index (κ3) is 4.11. The zero-order valence-corrected chi connectivity index (χ0v) is 12.5. The number of methoxy groups -OCH3 is 1. The molecule has 3 N–H and O–H groups in total. The Kier molecular flexibility index (Phi) is 5.44. The summed E-state index contributed by atoms with van der Waals surface area (Å²) >= 11 is 5.84. The molecule has 0 spiro atoms. The maximum absolute atomic E-state index is 10.1. The van der Waals surface area contributed by atoms with Crippen LogP contribution in [0.1, 0.15) is 17.2 Å². The quantitative estimate of drug-likeness (QED) is 0.768. The third-order valence-corrected chi connectivity index (χ3v) is 3.51. The van der Waals surface area contributed by atoms with Gasteiger partial charge in [0, 0.05) is 18.7 Å². The molecule has 21 heavy (non-hydrogen) atoms. The highest BCUT2D eigenvalue weighted by Crippen LogP contribution is 2.26. The monoisotopic (exact) mass is 307 g/mol. The molecule has 1 atom stereocenters. The van der Waals surface area contributed by atoms with Gasteiger partial charge in [0.05, 0.1) is 18.2 Å². The Hall–Kier alpha value is -1.75. The number of aliphatic hydroxyl groups is 1. The van der Waals surface area contributed by atoms with E-state index in [0.29, 0.717) is 29.4 Å². The Balaban J connectivity index is 1.92.